The maximum atomic E-state index is 12.0. The van der Waals surface area contributed by atoms with Gasteiger partial charge in [-0.25, -0.2) is 4.98 Å². The van der Waals surface area contributed by atoms with E-state index in [1.165, 1.54) is 6.33 Å². The number of aliphatic hydroxyl groups is 2. The van der Waals surface area contributed by atoms with E-state index in [0.717, 1.165) is 38.9 Å². The first-order chi connectivity index (χ1) is 12.6. The predicted molar refractivity (Wildman–Crippen MR) is 96.7 cm³/mol. The van der Waals surface area contributed by atoms with Gasteiger partial charge in [-0.1, -0.05) is 6.58 Å². The Morgan fingerprint density at radius 2 is 2.12 bits per heavy atom. The second-order valence-electron chi connectivity index (χ2n) is 6.04. The molecule has 2 saturated heterocycles. The molecule has 2 atom stereocenters. The van der Waals surface area contributed by atoms with Crippen LogP contribution in [-0.4, -0.2) is 77.4 Å². The lowest BCUT2D eigenvalue weighted by molar-refractivity contribution is 0.00592. The number of aromatic nitrogens is 2. The largest absolute Gasteiger partial charge is 0.400 e. The van der Waals surface area contributed by atoms with Crippen LogP contribution in [0.3, 0.4) is 0 Å². The molecule has 2 unspecified atom stereocenters. The van der Waals surface area contributed by atoms with Crippen LogP contribution in [0.1, 0.15) is 18.4 Å². The minimum Gasteiger partial charge on any atom is -0.400 e. The summed E-state index contributed by atoms with van der Waals surface area (Å²) < 4.78 is 11.3. The molecule has 2 aliphatic heterocycles. The van der Waals surface area contributed by atoms with Gasteiger partial charge in [0.25, 0.3) is 5.56 Å². The lowest BCUT2D eigenvalue weighted by atomic mass is 10.2. The standard InChI is InChI=1S/C16H24N4O4.CH4O/c1-11-15(17-10-18-16(11)22)20(14-4-3-13(9-21)24-14)12(2)19-5-7-23-8-6-19;1-2/h10,13-14,21H,2-9H2,1H3,(H,17,18,22);2H,1H3. The Labute approximate surface area is 152 Å². The molecule has 0 amide bonds. The van der Waals surface area contributed by atoms with E-state index in [9.17, 15) is 9.90 Å². The Balaban J connectivity index is 0.00000117. The van der Waals surface area contributed by atoms with E-state index in [2.05, 4.69) is 21.4 Å². The molecule has 26 heavy (non-hydrogen) atoms. The third-order valence-corrected chi connectivity index (χ3v) is 4.52. The van der Waals surface area contributed by atoms with Crippen molar-refractivity contribution in [2.45, 2.75) is 32.1 Å². The van der Waals surface area contributed by atoms with Gasteiger partial charge in [0, 0.05) is 20.2 Å². The predicted octanol–water partition coefficient (Wildman–Crippen LogP) is -0.206. The summed E-state index contributed by atoms with van der Waals surface area (Å²) >= 11 is 0. The van der Waals surface area contributed by atoms with E-state index in [1.807, 2.05) is 4.90 Å². The molecule has 0 saturated carbocycles. The van der Waals surface area contributed by atoms with Gasteiger partial charge < -0.3 is 29.6 Å². The number of ether oxygens (including phenoxy) is 2. The minimum absolute atomic E-state index is 0.0177. The molecule has 0 bridgehead atoms. The van der Waals surface area contributed by atoms with Crippen LogP contribution in [0.25, 0.3) is 0 Å². The van der Waals surface area contributed by atoms with Crippen LogP contribution in [0.2, 0.25) is 0 Å². The normalized spacial score (nSPS) is 22.5. The van der Waals surface area contributed by atoms with Crippen LogP contribution in [0.5, 0.6) is 0 Å². The molecule has 9 heteroatoms. The smallest absolute Gasteiger partial charge is 0.255 e. The van der Waals surface area contributed by atoms with Gasteiger partial charge in [0.15, 0.2) is 0 Å². The van der Waals surface area contributed by atoms with Crippen LogP contribution in [-0.2, 0) is 9.47 Å². The third kappa shape index (κ3) is 4.42. The summed E-state index contributed by atoms with van der Waals surface area (Å²) in [7, 11) is 1.00. The Morgan fingerprint density at radius 3 is 2.73 bits per heavy atom. The van der Waals surface area contributed by atoms with Crippen molar-refractivity contribution < 1.29 is 19.7 Å². The number of aromatic amines is 1. The fourth-order valence-electron chi connectivity index (χ4n) is 3.11. The maximum absolute atomic E-state index is 12.0. The Hall–Kier alpha value is -1.94. The summed E-state index contributed by atoms with van der Waals surface area (Å²) in [4.78, 5) is 23.0. The fourth-order valence-corrected chi connectivity index (χ4v) is 3.11. The quantitative estimate of drug-likeness (QED) is 0.655. The molecule has 3 rings (SSSR count). The molecule has 0 spiro atoms. The molecule has 1 aromatic rings. The fraction of sp³-hybridized carbons (Fsp3) is 0.647. The van der Waals surface area contributed by atoms with Crippen molar-refractivity contribution in [2.75, 3.05) is 44.9 Å². The molecule has 2 fully saturated rings. The lowest BCUT2D eigenvalue weighted by Gasteiger charge is -2.39. The van der Waals surface area contributed by atoms with Crippen molar-refractivity contribution in [1.29, 1.82) is 0 Å². The molecule has 3 N–H and O–H groups in total. The summed E-state index contributed by atoms with van der Waals surface area (Å²) in [5, 5.41) is 16.4. The van der Waals surface area contributed by atoms with Gasteiger partial charge in [0.1, 0.15) is 17.9 Å². The molecule has 0 aromatic carbocycles. The van der Waals surface area contributed by atoms with E-state index < -0.39 is 0 Å². The zero-order valence-electron chi connectivity index (χ0n) is 15.3. The second kappa shape index (κ2) is 9.67. The number of rotatable bonds is 5. The van der Waals surface area contributed by atoms with Crippen molar-refractivity contribution in [1.82, 2.24) is 14.9 Å². The molecule has 0 aliphatic carbocycles. The lowest BCUT2D eigenvalue weighted by Crippen LogP contribution is -2.46. The Kier molecular flexibility index (Phi) is 7.58. The van der Waals surface area contributed by atoms with E-state index in [0.29, 0.717) is 24.6 Å². The van der Waals surface area contributed by atoms with Crippen molar-refractivity contribution in [3.63, 3.8) is 0 Å². The number of nitrogens with one attached hydrogen (secondary N) is 1. The van der Waals surface area contributed by atoms with Crippen LogP contribution in [0.15, 0.2) is 23.5 Å². The Morgan fingerprint density at radius 1 is 1.42 bits per heavy atom. The topological polar surface area (TPSA) is 111 Å². The first-order valence-corrected chi connectivity index (χ1v) is 8.68. The summed E-state index contributed by atoms with van der Waals surface area (Å²) in [6, 6.07) is 0. The molecule has 146 valence electrons. The first kappa shape index (κ1) is 20.4. The van der Waals surface area contributed by atoms with Gasteiger partial charge >= 0.3 is 0 Å². The number of hydrogen-bond donors (Lipinski definition) is 3. The highest BCUT2D eigenvalue weighted by Gasteiger charge is 2.34. The van der Waals surface area contributed by atoms with Gasteiger partial charge in [-0.15, -0.1) is 0 Å². The number of H-pyrrole nitrogens is 1. The van der Waals surface area contributed by atoms with E-state index in [-0.39, 0.29) is 24.5 Å². The number of aliphatic hydroxyl groups excluding tert-OH is 2. The third-order valence-electron chi connectivity index (χ3n) is 4.52. The zero-order valence-corrected chi connectivity index (χ0v) is 15.3. The SMILES string of the molecule is C=C(N1CCOCC1)N(c1nc[nH]c(=O)c1C)C1CCC(CO)O1.CO. The zero-order chi connectivity index (χ0) is 19.1. The molecule has 1 aromatic heterocycles. The van der Waals surface area contributed by atoms with Gasteiger partial charge in [0.2, 0.25) is 0 Å². The highest BCUT2D eigenvalue weighted by atomic mass is 16.5. The van der Waals surface area contributed by atoms with Crippen molar-refractivity contribution in [2.24, 2.45) is 0 Å². The van der Waals surface area contributed by atoms with Gasteiger partial charge in [-0.05, 0) is 19.8 Å². The first-order valence-electron chi connectivity index (χ1n) is 8.68. The molecular formula is C17H28N4O5. The number of nitrogens with zero attached hydrogens (tertiary/aromatic N) is 3. The van der Waals surface area contributed by atoms with Crippen LogP contribution < -0.4 is 10.5 Å². The number of morpholine rings is 1. The molecule has 3 heterocycles. The molecular weight excluding hydrogens is 340 g/mol. The van der Waals surface area contributed by atoms with Crippen LogP contribution in [0, 0.1) is 6.92 Å². The summed E-state index contributed by atoms with van der Waals surface area (Å²) in [5.41, 5.74) is 0.333. The summed E-state index contributed by atoms with van der Waals surface area (Å²) in [5.74, 6) is 1.28. The van der Waals surface area contributed by atoms with Crippen molar-refractivity contribution >= 4 is 5.82 Å². The highest BCUT2D eigenvalue weighted by molar-refractivity contribution is 5.50. The van der Waals surface area contributed by atoms with Gasteiger partial charge in [-0.2, -0.15) is 0 Å². The average Bonchev–Trinajstić information content (AvgIpc) is 3.16. The average molecular weight is 368 g/mol. The van der Waals surface area contributed by atoms with Crippen molar-refractivity contribution in [3.05, 3.63) is 34.6 Å². The van der Waals surface area contributed by atoms with E-state index in [4.69, 9.17) is 14.6 Å². The molecule has 2 aliphatic rings. The minimum atomic E-state index is -0.300. The summed E-state index contributed by atoms with van der Waals surface area (Å²) in [6.45, 7) is 8.68. The van der Waals surface area contributed by atoms with Crippen molar-refractivity contribution in [3.8, 4) is 0 Å². The number of hydrogen-bond acceptors (Lipinski definition) is 8. The molecule has 0 radical (unpaired) electrons. The monoisotopic (exact) mass is 368 g/mol. The van der Waals surface area contributed by atoms with Gasteiger partial charge in [0.05, 0.1) is 37.8 Å². The van der Waals surface area contributed by atoms with Gasteiger partial charge in [-0.3, -0.25) is 9.69 Å². The maximum Gasteiger partial charge on any atom is 0.255 e. The summed E-state index contributed by atoms with van der Waals surface area (Å²) in [6.07, 6.45) is 2.39. The van der Waals surface area contributed by atoms with E-state index in [1.54, 1.807) is 6.92 Å². The highest BCUT2D eigenvalue weighted by Crippen LogP contribution is 2.31. The second-order valence-corrected chi connectivity index (χ2v) is 6.04. The van der Waals surface area contributed by atoms with Crippen LogP contribution >= 0.6 is 0 Å². The van der Waals surface area contributed by atoms with Crippen LogP contribution in [0.4, 0.5) is 5.82 Å². The van der Waals surface area contributed by atoms with E-state index >= 15 is 0 Å². The molecule has 9 nitrogen and oxygen atoms in total. The Bertz CT molecular complexity index is 644. The number of anilines is 1.